The van der Waals surface area contributed by atoms with Gasteiger partial charge in [0.1, 0.15) is 0 Å². The predicted octanol–water partition coefficient (Wildman–Crippen LogP) is 3.53. The van der Waals surface area contributed by atoms with E-state index >= 15 is 0 Å². The molecule has 0 aliphatic heterocycles. The second-order valence-electron chi connectivity index (χ2n) is 3.67. The van der Waals surface area contributed by atoms with Gasteiger partial charge in [0.15, 0.2) is 0 Å². The van der Waals surface area contributed by atoms with Crippen LogP contribution in [0.4, 0.5) is 22.7 Å². The summed E-state index contributed by atoms with van der Waals surface area (Å²) in [5.74, 6) is 0. The van der Waals surface area contributed by atoms with Gasteiger partial charge in [0.05, 0.1) is 10.6 Å². The van der Waals surface area contributed by atoms with Crippen LogP contribution in [0.1, 0.15) is 0 Å². The quantitative estimate of drug-likeness (QED) is 0.382. The summed E-state index contributed by atoms with van der Waals surface area (Å²) in [4.78, 5) is 10.2. The van der Waals surface area contributed by atoms with Gasteiger partial charge in [0.25, 0.3) is 5.69 Å². The molecule has 2 aromatic carbocycles. The Balaban J connectivity index is 2.27. The Bertz CT molecular complexity index is 602. The molecule has 6 heteroatoms. The van der Waals surface area contributed by atoms with Crippen LogP contribution in [0, 0.1) is 13.7 Å². The van der Waals surface area contributed by atoms with E-state index in [9.17, 15) is 10.1 Å². The van der Waals surface area contributed by atoms with Gasteiger partial charge in [-0.15, -0.1) is 0 Å². The number of hydrogen-bond acceptors (Lipinski definition) is 4. The zero-order valence-corrected chi connectivity index (χ0v) is 11.4. The molecule has 0 amide bonds. The SMILES string of the molecule is Nc1cccc(Nc2ccc([N+](=O)[O-])cc2I)c1. The second-order valence-corrected chi connectivity index (χ2v) is 4.83. The van der Waals surface area contributed by atoms with Crippen LogP contribution in [-0.2, 0) is 0 Å². The third-order valence-corrected chi connectivity index (χ3v) is 3.22. The van der Waals surface area contributed by atoms with Crippen molar-refractivity contribution < 1.29 is 4.92 Å². The molecule has 0 radical (unpaired) electrons. The molecule has 0 saturated heterocycles. The summed E-state index contributed by atoms with van der Waals surface area (Å²) >= 11 is 2.06. The van der Waals surface area contributed by atoms with E-state index in [1.165, 1.54) is 12.1 Å². The first-order valence-electron chi connectivity index (χ1n) is 5.13. The number of anilines is 3. The van der Waals surface area contributed by atoms with E-state index in [0.29, 0.717) is 5.69 Å². The van der Waals surface area contributed by atoms with Crippen LogP contribution in [-0.4, -0.2) is 4.92 Å². The molecule has 18 heavy (non-hydrogen) atoms. The number of nitrogen functional groups attached to an aromatic ring is 1. The molecule has 0 unspecified atom stereocenters. The Kier molecular flexibility index (Phi) is 3.66. The average molecular weight is 355 g/mol. The van der Waals surface area contributed by atoms with Crippen molar-refractivity contribution in [2.45, 2.75) is 0 Å². The zero-order valence-electron chi connectivity index (χ0n) is 9.26. The average Bonchev–Trinajstić information content (AvgIpc) is 2.31. The Morgan fingerprint density at radius 2 is 2.00 bits per heavy atom. The number of nitro groups is 1. The highest BCUT2D eigenvalue weighted by Crippen LogP contribution is 2.27. The molecular weight excluding hydrogens is 345 g/mol. The molecule has 0 aliphatic rings. The molecule has 0 fully saturated rings. The molecule has 0 bridgehead atoms. The van der Waals surface area contributed by atoms with E-state index in [1.54, 1.807) is 18.2 Å². The first kappa shape index (κ1) is 12.6. The van der Waals surface area contributed by atoms with Crippen molar-refractivity contribution in [2.24, 2.45) is 0 Å². The molecule has 92 valence electrons. The number of nitrogens with one attached hydrogen (secondary N) is 1. The lowest BCUT2D eigenvalue weighted by atomic mass is 10.2. The topological polar surface area (TPSA) is 81.2 Å². The first-order chi connectivity index (χ1) is 8.56. The van der Waals surface area contributed by atoms with Crippen LogP contribution in [0.3, 0.4) is 0 Å². The molecule has 0 atom stereocenters. The van der Waals surface area contributed by atoms with Gasteiger partial charge in [0.2, 0.25) is 0 Å². The van der Waals surface area contributed by atoms with Crippen LogP contribution < -0.4 is 11.1 Å². The highest BCUT2D eigenvalue weighted by molar-refractivity contribution is 14.1. The third kappa shape index (κ3) is 2.89. The van der Waals surface area contributed by atoms with Gasteiger partial charge in [-0.1, -0.05) is 6.07 Å². The van der Waals surface area contributed by atoms with Crippen molar-refractivity contribution in [1.82, 2.24) is 0 Å². The number of benzene rings is 2. The Morgan fingerprint density at radius 3 is 2.61 bits per heavy atom. The van der Waals surface area contributed by atoms with Crippen LogP contribution in [0.25, 0.3) is 0 Å². The van der Waals surface area contributed by atoms with Crippen LogP contribution >= 0.6 is 22.6 Å². The van der Waals surface area contributed by atoms with Crippen molar-refractivity contribution in [3.05, 3.63) is 56.1 Å². The summed E-state index contributed by atoms with van der Waals surface area (Å²) in [7, 11) is 0. The number of rotatable bonds is 3. The van der Waals surface area contributed by atoms with E-state index < -0.39 is 4.92 Å². The van der Waals surface area contributed by atoms with Gasteiger partial charge in [-0.2, -0.15) is 0 Å². The van der Waals surface area contributed by atoms with Gasteiger partial charge in [-0.3, -0.25) is 10.1 Å². The maximum Gasteiger partial charge on any atom is 0.270 e. The largest absolute Gasteiger partial charge is 0.399 e. The molecular formula is C12H10IN3O2. The molecule has 3 N–H and O–H groups in total. The van der Waals surface area contributed by atoms with E-state index in [2.05, 4.69) is 27.9 Å². The molecule has 0 aromatic heterocycles. The summed E-state index contributed by atoms with van der Waals surface area (Å²) in [6.45, 7) is 0. The number of non-ortho nitro benzene ring substituents is 1. The molecule has 0 aliphatic carbocycles. The van der Waals surface area contributed by atoms with Crippen molar-refractivity contribution in [2.75, 3.05) is 11.1 Å². The Hall–Kier alpha value is -1.83. The number of nitrogens with two attached hydrogens (primary N) is 1. The standard InChI is InChI=1S/C12H10IN3O2/c13-11-7-10(16(17)18)4-5-12(11)15-9-3-1-2-8(14)6-9/h1-7,15H,14H2. The summed E-state index contributed by atoms with van der Waals surface area (Å²) < 4.78 is 0.782. The molecule has 2 rings (SSSR count). The molecule has 2 aromatic rings. The number of nitrogens with zero attached hydrogens (tertiary/aromatic N) is 1. The van der Waals surface area contributed by atoms with Crippen LogP contribution in [0.15, 0.2) is 42.5 Å². The monoisotopic (exact) mass is 355 g/mol. The van der Waals surface area contributed by atoms with E-state index in [0.717, 1.165) is 14.9 Å². The summed E-state index contributed by atoms with van der Waals surface area (Å²) in [6.07, 6.45) is 0. The lowest BCUT2D eigenvalue weighted by molar-refractivity contribution is -0.384. The fraction of sp³-hybridized carbons (Fsp3) is 0. The summed E-state index contributed by atoms with van der Waals surface area (Å²) in [5.41, 5.74) is 8.09. The fourth-order valence-electron chi connectivity index (χ4n) is 1.49. The lowest BCUT2D eigenvalue weighted by Gasteiger charge is -2.08. The minimum Gasteiger partial charge on any atom is -0.399 e. The molecule has 5 nitrogen and oxygen atoms in total. The minimum absolute atomic E-state index is 0.0810. The van der Waals surface area contributed by atoms with Gasteiger partial charge in [-0.25, -0.2) is 0 Å². The number of hydrogen-bond donors (Lipinski definition) is 2. The van der Waals surface area contributed by atoms with Gasteiger partial charge >= 0.3 is 0 Å². The first-order valence-corrected chi connectivity index (χ1v) is 6.20. The summed E-state index contributed by atoms with van der Waals surface area (Å²) in [6, 6.07) is 12.0. The number of halogens is 1. The van der Waals surface area contributed by atoms with Crippen LogP contribution in [0.5, 0.6) is 0 Å². The highest BCUT2D eigenvalue weighted by atomic mass is 127. The molecule has 0 heterocycles. The van der Waals surface area contributed by atoms with Crippen molar-refractivity contribution >= 4 is 45.3 Å². The zero-order chi connectivity index (χ0) is 13.1. The minimum atomic E-state index is -0.410. The lowest BCUT2D eigenvalue weighted by Crippen LogP contribution is -1.96. The van der Waals surface area contributed by atoms with Crippen molar-refractivity contribution in [1.29, 1.82) is 0 Å². The molecule has 0 saturated carbocycles. The maximum atomic E-state index is 10.6. The normalized spacial score (nSPS) is 10.1. The Labute approximate surface area is 117 Å². The van der Waals surface area contributed by atoms with Crippen LogP contribution in [0.2, 0.25) is 0 Å². The fourth-order valence-corrected chi connectivity index (χ4v) is 2.12. The van der Waals surface area contributed by atoms with E-state index in [4.69, 9.17) is 5.73 Å². The highest BCUT2D eigenvalue weighted by Gasteiger charge is 2.09. The van der Waals surface area contributed by atoms with E-state index in [-0.39, 0.29) is 5.69 Å². The molecule has 0 spiro atoms. The summed E-state index contributed by atoms with van der Waals surface area (Å²) in [5, 5.41) is 13.8. The van der Waals surface area contributed by atoms with Crippen molar-refractivity contribution in [3.63, 3.8) is 0 Å². The van der Waals surface area contributed by atoms with Crippen molar-refractivity contribution in [3.8, 4) is 0 Å². The Morgan fingerprint density at radius 1 is 1.22 bits per heavy atom. The van der Waals surface area contributed by atoms with Gasteiger partial charge in [-0.05, 0) is 46.9 Å². The third-order valence-electron chi connectivity index (χ3n) is 2.33. The second kappa shape index (κ2) is 5.21. The van der Waals surface area contributed by atoms with Gasteiger partial charge < -0.3 is 11.1 Å². The van der Waals surface area contributed by atoms with E-state index in [1.807, 2.05) is 12.1 Å². The smallest absolute Gasteiger partial charge is 0.270 e. The number of nitro benzene ring substituents is 1. The van der Waals surface area contributed by atoms with Gasteiger partial charge in [0, 0.05) is 27.1 Å². The predicted molar refractivity (Wildman–Crippen MR) is 80.0 cm³/mol. The maximum absolute atomic E-state index is 10.6.